The first-order valence-corrected chi connectivity index (χ1v) is 15.8. The molecule has 236 valence electrons. The molecule has 0 spiro atoms. The first-order valence-electron chi connectivity index (χ1n) is 15.8. The second-order valence-corrected chi connectivity index (χ2v) is 13.1. The van der Waals surface area contributed by atoms with Crippen LogP contribution in [0.15, 0.2) is 42.5 Å². The number of likely N-dealkylation sites (tertiary alicyclic amines) is 1. The molecule has 46 heavy (non-hydrogen) atoms. The zero-order chi connectivity index (χ0) is 32.0. The molecule has 2 N–H and O–H groups in total. The minimum atomic E-state index is -1.17. The van der Waals surface area contributed by atoms with Crippen LogP contribution >= 0.6 is 0 Å². The number of piperidine rings is 1. The van der Waals surface area contributed by atoms with Gasteiger partial charge in [-0.3, -0.25) is 9.59 Å². The molecule has 3 fully saturated rings. The van der Waals surface area contributed by atoms with Crippen LogP contribution in [0.3, 0.4) is 0 Å². The van der Waals surface area contributed by atoms with E-state index in [1.807, 2.05) is 40.8 Å². The minimum absolute atomic E-state index is 0.0164. The third-order valence-corrected chi connectivity index (χ3v) is 10.4. The van der Waals surface area contributed by atoms with E-state index in [1.54, 1.807) is 13.2 Å². The average Bonchev–Trinajstić information content (AvgIpc) is 3.43. The number of halogens is 2. The number of aryl methyl sites for hydroxylation is 1. The molecule has 3 aromatic heterocycles. The molecule has 9 nitrogen and oxygen atoms in total. The van der Waals surface area contributed by atoms with Gasteiger partial charge in [-0.15, -0.1) is 0 Å². The number of carbonyl (C=O) groups is 2. The lowest BCUT2D eigenvalue weighted by Crippen LogP contribution is -2.38. The van der Waals surface area contributed by atoms with Crippen LogP contribution in [0.5, 0.6) is 5.75 Å². The van der Waals surface area contributed by atoms with E-state index in [9.17, 15) is 18.4 Å². The molecule has 3 atom stereocenters. The summed E-state index contributed by atoms with van der Waals surface area (Å²) in [5.41, 5.74) is 8.47. The van der Waals surface area contributed by atoms with E-state index in [0.717, 1.165) is 54.5 Å². The quantitative estimate of drug-likeness (QED) is 0.242. The number of hydrogen-bond donors (Lipinski definition) is 1. The molecule has 4 heterocycles. The van der Waals surface area contributed by atoms with Crippen molar-refractivity contribution in [3.05, 3.63) is 65.2 Å². The van der Waals surface area contributed by atoms with Crippen molar-refractivity contribution in [2.75, 3.05) is 13.7 Å². The maximum atomic E-state index is 14.7. The summed E-state index contributed by atoms with van der Waals surface area (Å²) in [5.74, 6) is -0.376. The fourth-order valence-electron chi connectivity index (χ4n) is 7.70. The van der Waals surface area contributed by atoms with E-state index in [4.69, 9.17) is 20.4 Å². The molecule has 0 radical (unpaired) electrons. The highest BCUT2D eigenvalue weighted by atomic mass is 19.1. The zero-order valence-corrected chi connectivity index (χ0v) is 25.9. The Morgan fingerprint density at radius 1 is 1.02 bits per heavy atom. The van der Waals surface area contributed by atoms with Gasteiger partial charge < -0.3 is 24.5 Å². The van der Waals surface area contributed by atoms with Gasteiger partial charge in [0.05, 0.1) is 24.0 Å². The molecular weight excluding hydrogens is 590 g/mol. The average molecular weight is 625 g/mol. The highest BCUT2D eigenvalue weighted by Crippen LogP contribution is 2.44. The summed E-state index contributed by atoms with van der Waals surface area (Å²) >= 11 is 0. The predicted molar refractivity (Wildman–Crippen MR) is 169 cm³/mol. The lowest BCUT2D eigenvalue weighted by Gasteiger charge is -2.27. The van der Waals surface area contributed by atoms with Crippen molar-refractivity contribution in [2.45, 2.75) is 45.2 Å². The Labute approximate surface area is 264 Å². The number of carbonyl (C=O) groups excluding carboxylic acids is 2. The van der Waals surface area contributed by atoms with Gasteiger partial charge in [0.25, 0.3) is 11.8 Å². The highest BCUT2D eigenvalue weighted by Gasteiger charge is 2.46. The Morgan fingerprint density at radius 2 is 1.78 bits per heavy atom. The summed E-state index contributed by atoms with van der Waals surface area (Å²) in [7, 11) is 3.53. The number of nitrogens with zero attached hydrogens (tertiary/aromatic N) is 5. The molecule has 2 bridgehead atoms. The van der Waals surface area contributed by atoms with Crippen molar-refractivity contribution in [1.29, 1.82) is 0 Å². The summed E-state index contributed by atoms with van der Waals surface area (Å²) in [6.07, 6.45) is 4.43. The number of nitrogens with two attached hydrogens (primary N) is 1. The van der Waals surface area contributed by atoms with Crippen LogP contribution in [-0.2, 0) is 13.6 Å². The SMILES string of the molecule is COc1cc(C(=O)N2CC3CCC2[C@@H]3C)cc2nc(-c3cc4ccc(-c5cc(F)c(C(N)=O)c(F)c5)nc4n3CC3CC3)n(C)c12. The fraction of sp³-hybridized carbons (Fsp3) is 0.371. The summed E-state index contributed by atoms with van der Waals surface area (Å²) in [5, 5.41) is 0.849. The van der Waals surface area contributed by atoms with Gasteiger partial charge in [0, 0.05) is 42.7 Å². The molecule has 2 unspecified atom stereocenters. The van der Waals surface area contributed by atoms with Crippen molar-refractivity contribution >= 4 is 33.9 Å². The van der Waals surface area contributed by atoms with E-state index in [2.05, 4.69) is 11.5 Å². The number of aromatic nitrogens is 4. The standard InChI is InChI=1S/C35H34F2N6O3/c1-17-20-7-9-27(17)43(16-20)35(45)22-12-26-31(29(14-22)46-3)41(2)34(40-26)28-13-19-6-8-25(39-33(19)42(28)15-18-4-5-18)21-10-23(36)30(32(38)44)24(37)11-21/h6,8,10-14,17-18,20,27H,4-5,7,9,15-16H2,1-3H3,(H2,38,44)/t17-,20?,27?/m1/s1. The Bertz CT molecular complexity index is 2070. The smallest absolute Gasteiger partial charge is 0.254 e. The molecule has 1 saturated heterocycles. The van der Waals surface area contributed by atoms with Crippen LogP contribution in [0.25, 0.3) is 44.8 Å². The molecule has 1 aliphatic heterocycles. The van der Waals surface area contributed by atoms with Gasteiger partial charge in [0.1, 0.15) is 34.1 Å². The van der Waals surface area contributed by atoms with Gasteiger partial charge in [-0.2, -0.15) is 0 Å². The molecule has 2 amide bonds. The third-order valence-electron chi connectivity index (χ3n) is 10.4. The van der Waals surface area contributed by atoms with Crippen molar-refractivity contribution in [2.24, 2.45) is 30.5 Å². The highest BCUT2D eigenvalue weighted by molar-refractivity contribution is 6.00. The molecule has 2 saturated carbocycles. The summed E-state index contributed by atoms with van der Waals surface area (Å²) in [6, 6.07) is 11.7. The first kappa shape index (κ1) is 28.7. The van der Waals surface area contributed by atoms with Gasteiger partial charge in [0.15, 0.2) is 5.82 Å². The van der Waals surface area contributed by atoms with E-state index in [-0.39, 0.29) is 17.5 Å². The Kier molecular flexibility index (Phi) is 6.46. The third kappa shape index (κ3) is 4.39. The number of methoxy groups -OCH3 is 1. The Hall–Kier alpha value is -4.80. The molecule has 3 aliphatic rings. The van der Waals surface area contributed by atoms with Crippen molar-refractivity contribution in [3.63, 3.8) is 0 Å². The number of imidazole rings is 1. The van der Waals surface area contributed by atoms with Gasteiger partial charge in [-0.25, -0.2) is 18.7 Å². The zero-order valence-electron chi connectivity index (χ0n) is 25.9. The number of pyridine rings is 1. The summed E-state index contributed by atoms with van der Waals surface area (Å²) in [6.45, 7) is 3.75. The van der Waals surface area contributed by atoms with Crippen molar-refractivity contribution in [3.8, 4) is 28.5 Å². The number of primary amides is 1. The molecule has 2 aromatic carbocycles. The summed E-state index contributed by atoms with van der Waals surface area (Å²) in [4.78, 5) is 37.2. The second kappa shape index (κ2) is 10.4. The number of rotatable bonds is 7. The van der Waals surface area contributed by atoms with E-state index in [0.29, 0.717) is 58.3 Å². The molecule has 8 rings (SSSR count). The predicted octanol–water partition coefficient (Wildman–Crippen LogP) is 5.92. The van der Waals surface area contributed by atoms with Crippen LogP contribution in [0.4, 0.5) is 8.78 Å². The largest absolute Gasteiger partial charge is 0.494 e. The van der Waals surface area contributed by atoms with Gasteiger partial charge in [-0.05, 0) is 85.9 Å². The lowest BCUT2D eigenvalue weighted by atomic mass is 10.0. The van der Waals surface area contributed by atoms with E-state index in [1.165, 1.54) is 6.42 Å². The van der Waals surface area contributed by atoms with Crippen molar-refractivity contribution < 1.29 is 23.1 Å². The molecule has 5 aromatic rings. The molecular formula is C35H34F2N6O3. The Balaban J connectivity index is 1.23. The van der Waals surface area contributed by atoms with Gasteiger partial charge in [0.2, 0.25) is 0 Å². The monoisotopic (exact) mass is 624 g/mol. The van der Waals surface area contributed by atoms with E-state index < -0.39 is 23.1 Å². The molecule has 2 aliphatic carbocycles. The Morgan fingerprint density at radius 3 is 2.41 bits per heavy atom. The normalized spacial score (nSPS) is 20.7. The number of fused-ring (bicyclic) bond motifs is 4. The number of ether oxygens (including phenoxy) is 1. The number of amides is 2. The maximum absolute atomic E-state index is 14.7. The fourth-order valence-corrected chi connectivity index (χ4v) is 7.70. The van der Waals surface area contributed by atoms with Crippen LogP contribution in [0.1, 0.15) is 53.3 Å². The van der Waals surface area contributed by atoms with Crippen LogP contribution in [-0.4, -0.2) is 55.5 Å². The van der Waals surface area contributed by atoms with Crippen molar-refractivity contribution in [1.82, 2.24) is 24.0 Å². The van der Waals surface area contributed by atoms with E-state index >= 15 is 0 Å². The van der Waals surface area contributed by atoms with Crippen LogP contribution in [0, 0.1) is 29.4 Å². The number of benzene rings is 2. The molecule has 11 heteroatoms. The van der Waals surface area contributed by atoms with Gasteiger partial charge >= 0.3 is 0 Å². The van der Waals surface area contributed by atoms with Gasteiger partial charge in [-0.1, -0.05) is 6.92 Å². The topological polar surface area (TPSA) is 108 Å². The summed E-state index contributed by atoms with van der Waals surface area (Å²) < 4.78 is 39.2. The lowest BCUT2D eigenvalue weighted by molar-refractivity contribution is 0.0695. The maximum Gasteiger partial charge on any atom is 0.254 e. The first-order chi connectivity index (χ1) is 22.1. The van der Waals surface area contributed by atoms with Crippen LogP contribution in [0.2, 0.25) is 0 Å². The second-order valence-electron chi connectivity index (χ2n) is 13.1. The van der Waals surface area contributed by atoms with Crippen LogP contribution < -0.4 is 10.5 Å². The minimum Gasteiger partial charge on any atom is -0.494 e. The number of hydrogen-bond acceptors (Lipinski definition) is 5.